The summed E-state index contributed by atoms with van der Waals surface area (Å²) in [5, 5.41) is 2.70. The Balaban J connectivity index is 2.49. The van der Waals surface area contributed by atoms with Crippen LogP contribution in [0.15, 0.2) is 39.9 Å². The zero-order valence-electron chi connectivity index (χ0n) is 16.2. The van der Waals surface area contributed by atoms with E-state index in [4.69, 9.17) is 5.73 Å². The third-order valence-corrected chi connectivity index (χ3v) is 4.54. The van der Waals surface area contributed by atoms with Crippen molar-refractivity contribution in [1.29, 1.82) is 0 Å². The fourth-order valence-corrected chi connectivity index (χ4v) is 3.16. The Labute approximate surface area is 158 Å². The van der Waals surface area contributed by atoms with Crippen LogP contribution in [-0.4, -0.2) is 15.0 Å². The van der Waals surface area contributed by atoms with Crippen LogP contribution in [0.25, 0.3) is 0 Å². The minimum absolute atomic E-state index is 0.00969. The van der Waals surface area contributed by atoms with E-state index >= 15 is 0 Å². The van der Waals surface area contributed by atoms with Gasteiger partial charge in [0, 0.05) is 13.1 Å². The van der Waals surface area contributed by atoms with Gasteiger partial charge in [0.2, 0.25) is 5.91 Å². The van der Waals surface area contributed by atoms with Gasteiger partial charge in [-0.1, -0.05) is 51.1 Å². The quantitative estimate of drug-likeness (QED) is 0.744. The first-order valence-electron chi connectivity index (χ1n) is 9.45. The number of carbonyl (C=O) groups is 1. The van der Waals surface area contributed by atoms with E-state index in [1.165, 1.54) is 4.57 Å². The predicted molar refractivity (Wildman–Crippen MR) is 108 cm³/mol. The molecule has 2 rings (SSSR count). The molecule has 3 N–H and O–H groups in total. The molecule has 0 unspecified atom stereocenters. The van der Waals surface area contributed by atoms with E-state index in [1.807, 2.05) is 51.1 Å². The second-order valence-corrected chi connectivity index (χ2v) is 6.51. The highest BCUT2D eigenvalue weighted by Gasteiger charge is 2.23. The van der Waals surface area contributed by atoms with Gasteiger partial charge >= 0.3 is 5.69 Å². The molecule has 0 aliphatic carbocycles. The van der Waals surface area contributed by atoms with Crippen molar-refractivity contribution >= 4 is 17.4 Å². The number of amides is 1. The van der Waals surface area contributed by atoms with Crippen molar-refractivity contribution in [3.63, 3.8) is 0 Å². The standard InChI is InChI=1S/C20H28N4O3/c1-4-12-23-17(21)16(19(26)24(13-5-2)20(23)27)22-18(25)15(6-3)14-10-8-7-9-11-14/h7-11,15H,4-6,12-13,21H2,1-3H3,(H,22,25)/t15-/m1/s1. The molecule has 7 heteroatoms. The number of anilines is 2. The molecule has 1 heterocycles. The summed E-state index contributed by atoms with van der Waals surface area (Å²) >= 11 is 0. The van der Waals surface area contributed by atoms with E-state index in [0.29, 0.717) is 25.8 Å². The Morgan fingerprint density at radius 2 is 1.63 bits per heavy atom. The summed E-state index contributed by atoms with van der Waals surface area (Å²) in [5.41, 5.74) is 5.96. The topological polar surface area (TPSA) is 99.1 Å². The molecule has 7 nitrogen and oxygen atoms in total. The van der Waals surface area contributed by atoms with Crippen LogP contribution < -0.4 is 22.3 Å². The van der Waals surface area contributed by atoms with Crippen LogP contribution in [0, 0.1) is 0 Å². The molecule has 0 aliphatic heterocycles. The molecular weight excluding hydrogens is 344 g/mol. The smallest absolute Gasteiger partial charge is 0.332 e. The maximum atomic E-state index is 12.9. The van der Waals surface area contributed by atoms with Crippen LogP contribution in [0.3, 0.4) is 0 Å². The van der Waals surface area contributed by atoms with Gasteiger partial charge in [-0.15, -0.1) is 0 Å². The first-order chi connectivity index (χ1) is 13.0. The van der Waals surface area contributed by atoms with E-state index < -0.39 is 17.2 Å². The molecule has 0 bridgehead atoms. The highest BCUT2D eigenvalue weighted by atomic mass is 16.2. The van der Waals surface area contributed by atoms with E-state index in [9.17, 15) is 14.4 Å². The summed E-state index contributed by atoms with van der Waals surface area (Å²) in [7, 11) is 0. The molecule has 1 amide bonds. The minimum Gasteiger partial charge on any atom is -0.383 e. The predicted octanol–water partition coefficient (Wildman–Crippen LogP) is 2.54. The van der Waals surface area contributed by atoms with Gasteiger partial charge in [0.1, 0.15) is 11.5 Å². The molecule has 1 aromatic carbocycles. The highest BCUT2D eigenvalue weighted by Crippen LogP contribution is 2.22. The van der Waals surface area contributed by atoms with Gasteiger partial charge in [-0.3, -0.25) is 18.7 Å². The summed E-state index contributed by atoms with van der Waals surface area (Å²) < 4.78 is 2.50. The average molecular weight is 372 g/mol. The van der Waals surface area contributed by atoms with Gasteiger partial charge < -0.3 is 11.1 Å². The second-order valence-electron chi connectivity index (χ2n) is 6.51. The van der Waals surface area contributed by atoms with Gasteiger partial charge in [-0.25, -0.2) is 4.79 Å². The van der Waals surface area contributed by atoms with Crippen molar-refractivity contribution in [2.75, 3.05) is 11.1 Å². The van der Waals surface area contributed by atoms with Gasteiger partial charge in [0.15, 0.2) is 0 Å². The normalized spacial score (nSPS) is 12.0. The number of nitrogens with one attached hydrogen (secondary N) is 1. The fraction of sp³-hybridized carbons (Fsp3) is 0.450. The SMILES string of the molecule is CCCn1c(N)c(NC(=O)[C@H](CC)c2ccccc2)c(=O)n(CCC)c1=O. The summed E-state index contributed by atoms with van der Waals surface area (Å²) in [6.45, 7) is 6.37. The van der Waals surface area contributed by atoms with E-state index in [2.05, 4.69) is 5.32 Å². The van der Waals surface area contributed by atoms with Crippen LogP contribution >= 0.6 is 0 Å². The molecule has 2 aromatic rings. The lowest BCUT2D eigenvalue weighted by Gasteiger charge is -2.19. The van der Waals surface area contributed by atoms with Gasteiger partial charge in [0.25, 0.3) is 5.56 Å². The van der Waals surface area contributed by atoms with E-state index in [1.54, 1.807) is 0 Å². The first-order valence-corrected chi connectivity index (χ1v) is 9.45. The van der Waals surface area contributed by atoms with Crippen LogP contribution in [0.5, 0.6) is 0 Å². The number of aromatic nitrogens is 2. The Bertz CT molecular complexity index is 900. The lowest BCUT2D eigenvalue weighted by atomic mass is 9.95. The van der Waals surface area contributed by atoms with Crippen LogP contribution in [0.1, 0.15) is 51.5 Å². The van der Waals surface area contributed by atoms with Crippen molar-refractivity contribution in [3.8, 4) is 0 Å². The molecule has 0 saturated heterocycles. The minimum atomic E-state index is -0.553. The Kier molecular flexibility index (Phi) is 6.98. The summed E-state index contributed by atoms with van der Waals surface area (Å²) in [4.78, 5) is 38.2. The van der Waals surface area contributed by atoms with Crippen molar-refractivity contribution in [2.45, 2.75) is 59.0 Å². The molecule has 0 radical (unpaired) electrons. The lowest BCUT2D eigenvalue weighted by Crippen LogP contribution is -2.43. The maximum absolute atomic E-state index is 12.9. The molecule has 27 heavy (non-hydrogen) atoms. The second kappa shape index (κ2) is 9.21. The third-order valence-electron chi connectivity index (χ3n) is 4.54. The zero-order valence-corrected chi connectivity index (χ0v) is 16.2. The number of nitrogens with two attached hydrogens (primary N) is 1. The number of nitrogen functional groups attached to an aromatic ring is 1. The number of nitrogens with zero attached hydrogens (tertiary/aromatic N) is 2. The van der Waals surface area contributed by atoms with Crippen LogP contribution in [0.2, 0.25) is 0 Å². The molecule has 0 fully saturated rings. The van der Waals surface area contributed by atoms with E-state index in [0.717, 1.165) is 10.1 Å². The Morgan fingerprint density at radius 3 is 2.19 bits per heavy atom. The largest absolute Gasteiger partial charge is 0.383 e. The van der Waals surface area contributed by atoms with Gasteiger partial charge in [0.05, 0.1) is 5.92 Å². The average Bonchev–Trinajstić information content (AvgIpc) is 2.67. The molecule has 0 aliphatic rings. The maximum Gasteiger partial charge on any atom is 0.332 e. The third kappa shape index (κ3) is 4.30. The van der Waals surface area contributed by atoms with Crippen LogP contribution in [-0.2, 0) is 17.9 Å². The molecule has 0 spiro atoms. The molecule has 0 saturated carbocycles. The fourth-order valence-electron chi connectivity index (χ4n) is 3.16. The molecule has 1 aromatic heterocycles. The van der Waals surface area contributed by atoms with Crippen LogP contribution in [0.4, 0.5) is 11.5 Å². The van der Waals surface area contributed by atoms with Gasteiger partial charge in [-0.2, -0.15) is 0 Å². The summed E-state index contributed by atoms with van der Waals surface area (Å²) in [6.07, 6.45) is 1.89. The zero-order chi connectivity index (χ0) is 20.0. The van der Waals surface area contributed by atoms with Gasteiger partial charge in [-0.05, 0) is 24.8 Å². The van der Waals surface area contributed by atoms with Crippen molar-refractivity contribution in [3.05, 3.63) is 56.7 Å². The van der Waals surface area contributed by atoms with Crippen molar-refractivity contribution in [2.24, 2.45) is 0 Å². The molecular formula is C20H28N4O3. The summed E-state index contributed by atoms with van der Waals surface area (Å²) in [5.74, 6) is -0.705. The van der Waals surface area contributed by atoms with Crippen molar-refractivity contribution < 1.29 is 4.79 Å². The van der Waals surface area contributed by atoms with Crippen molar-refractivity contribution in [1.82, 2.24) is 9.13 Å². The Hall–Kier alpha value is -2.83. The number of rotatable bonds is 8. The monoisotopic (exact) mass is 372 g/mol. The highest BCUT2D eigenvalue weighted by molar-refractivity contribution is 5.97. The number of benzene rings is 1. The lowest BCUT2D eigenvalue weighted by molar-refractivity contribution is -0.117. The molecule has 1 atom stereocenters. The van der Waals surface area contributed by atoms with E-state index in [-0.39, 0.29) is 24.0 Å². The number of carbonyl (C=O) groups excluding carboxylic acids is 1. The Morgan fingerprint density at radius 1 is 1.04 bits per heavy atom. The number of hydrogen-bond donors (Lipinski definition) is 2. The first kappa shape index (κ1) is 20.5. The summed E-state index contributed by atoms with van der Waals surface area (Å²) in [6, 6.07) is 9.38. The molecule has 146 valence electrons. The number of hydrogen-bond acceptors (Lipinski definition) is 4.